The Morgan fingerprint density at radius 2 is 2.00 bits per heavy atom. The number of nitrogen functional groups attached to an aromatic ring is 1. The average Bonchev–Trinajstić information content (AvgIpc) is 2.42. The minimum absolute atomic E-state index is 0.00401. The van der Waals surface area contributed by atoms with Crippen molar-refractivity contribution >= 4 is 17.3 Å². The number of likely N-dealkylation sites (N-methyl/N-ethyl adjacent to an activating group) is 1. The Kier molecular flexibility index (Phi) is 5.38. The molecule has 5 nitrogen and oxygen atoms in total. The van der Waals surface area contributed by atoms with E-state index < -0.39 is 0 Å². The van der Waals surface area contributed by atoms with E-state index in [4.69, 9.17) is 10.5 Å². The number of nitrogens with zero attached hydrogens (tertiary/aromatic N) is 1. The minimum Gasteiger partial charge on any atom is -0.399 e. The fraction of sp³-hybridized carbons (Fsp3) is 0.533. The van der Waals surface area contributed by atoms with Gasteiger partial charge in [0.2, 0.25) is 5.91 Å². The van der Waals surface area contributed by atoms with E-state index in [1.165, 1.54) is 0 Å². The quantitative estimate of drug-likeness (QED) is 0.802. The highest BCUT2D eigenvalue weighted by Gasteiger charge is 2.17. The molecule has 1 aromatic carbocycles. The first-order valence-corrected chi connectivity index (χ1v) is 7.05. The van der Waals surface area contributed by atoms with Crippen LogP contribution in [0, 0.1) is 5.92 Å². The second kappa shape index (κ2) is 7.26. The Hall–Kier alpha value is -1.59. The van der Waals surface area contributed by atoms with Gasteiger partial charge in [-0.25, -0.2) is 0 Å². The van der Waals surface area contributed by atoms with Crippen molar-refractivity contribution in [3.8, 4) is 0 Å². The van der Waals surface area contributed by atoms with Gasteiger partial charge in [-0.3, -0.25) is 9.69 Å². The summed E-state index contributed by atoms with van der Waals surface area (Å²) in [6, 6.07) is 7.18. The molecule has 1 saturated heterocycles. The molecule has 0 aliphatic carbocycles. The molecular formula is C15H23N3O2. The second-order valence-electron chi connectivity index (χ2n) is 5.42. The number of amides is 1. The van der Waals surface area contributed by atoms with Crippen molar-refractivity contribution in [3.63, 3.8) is 0 Å². The van der Waals surface area contributed by atoms with Gasteiger partial charge in [0.1, 0.15) is 0 Å². The molecule has 1 heterocycles. The van der Waals surface area contributed by atoms with Crippen LogP contribution in [0.5, 0.6) is 0 Å². The molecule has 0 bridgehead atoms. The van der Waals surface area contributed by atoms with Gasteiger partial charge in [0, 0.05) is 31.1 Å². The molecule has 1 fully saturated rings. The SMILES string of the molecule is CN(CC(=O)Nc1ccc(N)cc1)CC1CCOCC1. The number of nitrogens with one attached hydrogen (secondary N) is 1. The highest BCUT2D eigenvalue weighted by atomic mass is 16.5. The maximum Gasteiger partial charge on any atom is 0.238 e. The first-order chi connectivity index (χ1) is 9.63. The zero-order chi connectivity index (χ0) is 14.4. The molecule has 110 valence electrons. The third-order valence-corrected chi connectivity index (χ3v) is 3.52. The van der Waals surface area contributed by atoms with E-state index in [9.17, 15) is 4.79 Å². The summed E-state index contributed by atoms with van der Waals surface area (Å²) in [5, 5.41) is 2.88. The molecule has 2 rings (SSSR count). The van der Waals surface area contributed by atoms with Gasteiger partial charge in [-0.1, -0.05) is 0 Å². The fourth-order valence-corrected chi connectivity index (χ4v) is 2.45. The molecule has 0 radical (unpaired) electrons. The Labute approximate surface area is 120 Å². The lowest BCUT2D eigenvalue weighted by molar-refractivity contribution is -0.117. The average molecular weight is 277 g/mol. The van der Waals surface area contributed by atoms with Crippen LogP contribution in [0.15, 0.2) is 24.3 Å². The van der Waals surface area contributed by atoms with E-state index >= 15 is 0 Å². The monoisotopic (exact) mass is 277 g/mol. The van der Waals surface area contributed by atoms with Gasteiger partial charge in [0.25, 0.3) is 0 Å². The summed E-state index contributed by atoms with van der Waals surface area (Å²) in [5.41, 5.74) is 7.09. The number of ether oxygens (including phenoxy) is 1. The number of nitrogens with two attached hydrogens (primary N) is 1. The number of benzene rings is 1. The van der Waals surface area contributed by atoms with Crippen molar-refractivity contribution in [2.45, 2.75) is 12.8 Å². The molecule has 1 aromatic rings. The maximum absolute atomic E-state index is 11.9. The Morgan fingerprint density at radius 3 is 2.65 bits per heavy atom. The summed E-state index contributed by atoms with van der Waals surface area (Å²) in [5.74, 6) is 0.641. The van der Waals surface area contributed by atoms with E-state index in [-0.39, 0.29) is 5.91 Å². The molecule has 1 aliphatic heterocycles. The van der Waals surface area contributed by atoms with Crippen molar-refractivity contribution in [2.24, 2.45) is 5.92 Å². The molecule has 1 amide bonds. The molecule has 0 aromatic heterocycles. The van der Waals surface area contributed by atoms with Crippen molar-refractivity contribution in [1.29, 1.82) is 0 Å². The minimum atomic E-state index is 0.00401. The van der Waals surface area contributed by atoms with E-state index in [0.717, 1.165) is 38.3 Å². The summed E-state index contributed by atoms with van der Waals surface area (Å²) >= 11 is 0. The second-order valence-corrected chi connectivity index (χ2v) is 5.42. The van der Waals surface area contributed by atoms with Crippen LogP contribution in [0.4, 0.5) is 11.4 Å². The number of carbonyl (C=O) groups is 1. The van der Waals surface area contributed by atoms with Crippen LogP contribution >= 0.6 is 0 Å². The number of carbonyl (C=O) groups excluding carboxylic acids is 1. The predicted molar refractivity (Wildman–Crippen MR) is 80.5 cm³/mol. The van der Waals surface area contributed by atoms with Gasteiger partial charge < -0.3 is 15.8 Å². The van der Waals surface area contributed by atoms with Gasteiger partial charge in [0.15, 0.2) is 0 Å². The third kappa shape index (κ3) is 4.83. The Morgan fingerprint density at radius 1 is 1.35 bits per heavy atom. The van der Waals surface area contributed by atoms with Crippen LogP contribution in [0.25, 0.3) is 0 Å². The molecule has 5 heteroatoms. The van der Waals surface area contributed by atoms with Crippen LogP contribution < -0.4 is 11.1 Å². The van der Waals surface area contributed by atoms with Gasteiger partial charge in [-0.15, -0.1) is 0 Å². The van der Waals surface area contributed by atoms with Crippen LogP contribution in [0.3, 0.4) is 0 Å². The van der Waals surface area contributed by atoms with E-state index in [0.29, 0.717) is 18.2 Å². The van der Waals surface area contributed by atoms with Crippen LogP contribution in [-0.2, 0) is 9.53 Å². The standard InChI is InChI=1S/C15H23N3O2/c1-18(10-12-6-8-20-9-7-12)11-15(19)17-14-4-2-13(16)3-5-14/h2-5,12H,6-11,16H2,1H3,(H,17,19). The first kappa shape index (κ1) is 14.8. The summed E-state index contributed by atoms with van der Waals surface area (Å²) in [6.07, 6.45) is 2.17. The Balaban J connectivity index is 1.74. The van der Waals surface area contributed by atoms with Crippen molar-refractivity contribution in [3.05, 3.63) is 24.3 Å². The molecule has 20 heavy (non-hydrogen) atoms. The predicted octanol–water partition coefficient (Wildman–Crippen LogP) is 1.57. The summed E-state index contributed by atoms with van der Waals surface area (Å²) in [4.78, 5) is 14.0. The molecule has 0 atom stereocenters. The van der Waals surface area contributed by atoms with Gasteiger partial charge in [0.05, 0.1) is 6.54 Å². The highest BCUT2D eigenvalue weighted by Crippen LogP contribution is 2.15. The van der Waals surface area contributed by atoms with Crippen molar-refractivity contribution in [2.75, 3.05) is 44.4 Å². The Bertz CT molecular complexity index is 427. The number of rotatable bonds is 5. The lowest BCUT2D eigenvalue weighted by Gasteiger charge is -2.26. The maximum atomic E-state index is 11.9. The van der Waals surface area contributed by atoms with Gasteiger partial charge in [-0.05, 0) is 50.1 Å². The van der Waals surface area contributed by atoms with Crippen LogP contribution in [-0.4, -0.2) is 44.2 Å². The molecule has 0 unspecified atom stereocenters. The van der Waals surface area contributed by atoms with E-state index in [1.54, 1.807) is 12.1 Å². The normalized spacial score (nSPS) is 16.3. The van der Waals surface area contributed by atoms with E-state index in [1.807, 2.05) is 19.2 Å². The number of hydrogen-bond donors (Lipinski definition) is 2. The zero-order valence-electron chi connectivity index (χ0n) is 12.0. The summed E-state index contributed by atoms with van der Waals surface area (Å²) in [6.45, 7) is 3.03. The van der Waals surface area contributed by atoms with E-state index in [2.05, 4.69) is 10.2 Å². The molecular weight excluding hydrogens is 254 g/mol. The largest absolute Gasteiger partial charge is 0.399 e. The topological polar surface area (TPSA) is 67.6 Å². The molecule has 0 saturated carbocycles. The van der Waals surface area contributed by atoms with Crippen molar-refractivity contribution in [1.82, 2.24) is 4.90 Å². The first-order valence-electron chi connectivity index (χ1n) is 7.05. The molecule has 0 spiro atoms. The fourth-order valence-electron chi connectivity index (χ4n) is 2.45. The number of anilines is 2. The smallest absolute Gasteiger partial charge is 0.238 e. The highest BCUT2D eigenvalue weighted by molar-refractivity contribution is 5.92. The lowest BCUT2D eigenvalue weighted by atomic mass is 10.00. The molecule has 1 aliphatic rings. The third-order valence-electron chi connectivity index (χ3n) is 3.52. The summed E-state index contributed by atoms with van der Waals surface area (Å²) < 4.78 is 5.34. The van der Waals surface area contributed by atoms with Crippen LogP contribution in [0.1, 0.15) is 12.8 Å². The molecule has 3 N–H and O–H groups in total. The summed E-state index contributed by atoms with van der Waals surface area (Å²) in [7, 11) is 1.98. The van der Waals surface area contributed by atoms with Gasteiger partial charge >= 0.3 is 0 Å². The van der Waals surface area contributed by atoms with Crippen LogP contribution in [0.2, 0.25) is 0 Å². The lowest BCUT2D eigenvalue weighted by Crippen LogP contribution is -2.35. The zero-order valence-corrected chi connectivity index (χ0v) is 12.0. The van der Waals surface area contributed by atoms with Crippen molar-refractivity contribution < 1.29 is 9.53 Å². The van der Waals surface area contributed by atoms with Gasteiger partial charge in [-0.2, -0.15) is 0 Å². The number of hydrogen-bond acceptors (Lipinski definition) is 4.